The van der Waals surface area contributed by atoms with Crippen molar-refractivity contribution in [3.8, 4) is 0 Å². The van der Waals surface area contributed by atoms with Crippen LogP contribution >= 0.6 is 11.6 Å². The topological polar surface area (TPSA) is 54.3 Å². The zero-order valence-electron chi connectivity index (χ0n) is 12.1. The van der Waals surface area contributed by atoms with Crippen molar-refractivity contribution in [3.05, 3.63) is 52.9 Å². The Bertz CT molecular complexity index is 672. The van der Waals surface area contributed by atoms with E-state index in [0.29, 0.717) is 5.76 Å². The Morgan fingerprint density at radius 2 is 2.09 bits per heavy atom. The highest BCUT2D eigenvalue weighted by molar-refractivity contribution is 6.31. The van der Waals surface area contributed by atoms with Gasteiger partial charge in [-0.05, 0) is 37.3 Å². The lowest BCUT2D eigenvalue weighted by atomic mass is 10.2. The monoisotopic (exact) mass is 346 g/mol. The van der Waals surface area contributed by atoms with Crippen molar-refractivity contribution in [2.24, 2.45) is 0 Å². The fourth-order valence-electron chi connectivity index (χ4n) is 1.91. The van der Waals surface area contributed by atoms with Crippen LogP contribution in [0, 0.1) is 0 Å². The molecule has 0 saturated carbocycles. The molecule has 2 rings (SSSR count). The van der Waals surface area contributed by atoms with Gasteiger partial charge in [-0.3, -0.25) is 10.1 Å². The van der Waals surface area contributed by atoms with Crippen LogP contribution in [0.4, 0.5) is 18.9 Å². The largest absolute Gasteiger partial charge is 0.468 e. The van der Waals surface area contributed by atoms with Crippen LogP contribution < -0.4 is 10.6 Å². The molecule has 0 bridgehead atoms. The normalized spacial score (nSPS) is 12.9. The molecule has 0 fully saturated rings. The number of nitrogens with one attached hydrogen (secondary N) is 2. The number of carbonyl (C=O) groups excluding carboxylic acids is 1. The van der Waals surface area contributed by atoms with Crippen LogP contribution in [0.3, 0.4) is 0 Å². The van der Waals surface area contributed by atoms with Crippen LogP contribution in [0.2, 0.25) is 5.02 Å². The van der Waals surface area contributed by atoms with Crippen LogP contribution in [-0.4, -0.2) is 12.5 Å². The van der Waals surface area contributed by atoms with Gasteiger partial charge < -0.3 is 9.73 Å². The number of benzene rings is 1. The third kappa shape index (κ3) is 4.74. The maximum Gasteiger partial charge on any atom is 0.417 e. The number of hydrogen-bond acceptors (Lipinski definition) is 3. The summed E-state index contributed by atoms with van der Waals surface area (Å²) in [6.45, 7) is 1.72. The molecular formula is C15H14ClF3N2O2. The first-order valence-corrected chi connectivity index (χ1v) is 7.08. The lowest BCUT2D eigenvalue weighted by Crippen LogP contribution is -2.30. The summed E-state index contributed by atoms with van der Waals surface area (Å²) in [5.74, 6) is 0.183. The van der Waals surface area contributed by atoms with Gasteiger partial charge in [0.1, 0.15) is 5.76 Å². The lowest BCUT2D eigenvalue weighted by Gasteiger charge is -2.13. The van der Waals surface area contributed by atoms with Crippen molar-refractivity contribution in [2.45, 2.75) is 19.1 Å². The van der Waals surface area contributed by atoms with Gasteiger partial charge in [-0.25, -0.2) is 0 Å². The van der Waals surface area contributed by atoms with Crippen molar-refractivity contribution >= 4 is 23.2 Å². The van der Waals surface area contributed by atoms with Crippen molar-refractivity contribution in [3.63, 3.8) is 0 Å². The van der Waals surface area contributed by atoms with Crippen LogP contribution in [0.1, 0.15) is 24.3 Å². The number of furan rings is 1. The minimum atomic E-state index is -4.58. The van der Waals surface area contributed by atoms with E-state index in [1.54, 1.807) is 19.1 Å². The Balaban J connectivity index is 1.95. The zero-order chi connectivity index (χ0) is 17.0. The number of hydrogen-bond donors (Lipinski definition) is 2. The predicted molar refractivity (Wildman–Crippen MR) is 80.2 cm³/mol. The minimum absolute atomic E-state index is 0.0270. The summed E-state index contributed by atoms with van der Waals surface area (Å²) in [7, 11) is 0. The highest BCUT2D eigenvalue weighted by Gasteiger charge is 2.33. The molecule has 0 radical (unpaired) electrons. The number of rotatable bonds is 5. The summed E-state index contributed by atoms with van der Waals surface area (Å²) in [5, 5.41) is 4.88. The van der Waals surface area contributed by atoms with Crippen molar-refractivity contribution in [1.82, 2.24) is 5.32 Å². The molecule has 2 aromatic rings. The Hall–Kier alpha value is -1.99. The highest BCUT2D eigenvalue weighted by atomic mass is 35.5. The number of alkyl halides is 3. The number of carbonyl (C=O) groups is 1. The molecule has 4 nitrogen and oxygen atoms in total. The van der Waals surface area contributed by atoms with E-state index in [2.05, 4.69) is 10.6 Å². The molecule has 124 valence electrons. The predicted octanol–water partition coefficient (Wildman–Crippen LogP) is 4.24. The Kier molecular flexibility index (Phi) is 5.33. The highest BCUT2D eigenvalue weighted by Crippen LogP contribution is 2.36. The molecule has 0 saturated heterocycles. The summed E-state index contributed by atoms with van der Waals surface area (Å²) >= 11 is 5.52. The first-order chi connectivity index (χ1) is 10.8. The van der Waals surface area contributed by atoms with E-state index >= 15 is 0 Å². The SMILES string of the molecule is C[C@H](NCC(=O)Nc1ccc(Cl)c(C(F)(F)F)c1)c1ccco1. The van der Waals surface area contributed by atoms with Crippen LogP contribution in [-0.2, 0) is 11.0 Å². The van der Waals surface area contributed by atoms with E-state index in [1.807, 2.05) is 0 Å². The van der Waals surface area contributed by atoms with Crippen molar-refractivity contribution in [2.75, 3.05) is 11.9 Å². The van der Waals surface area contributed by atoms with E-state index in [4.69, 9.17) is 16.0 Å². The molecule has 1 aromatic carbocycles. The molecule has 0 aliphatic rings. The molecule has 2 N–H and O–H groups in total. The van der Waals surface area contributed by atoms with Gasteiger partial charge in [-0.15, -0.1) is 0 Å². The molecular weight excluding hydrogens is 333 g/mol. The minimum Gasteiger partial charge on any atom is -0.468 e. The van der Waals surface area contributed by atoms with Gasteiger partial charge in [0, 0.05) is 5.69 Å². The van der Waals surface area contributed by atoms with E-state index in [1.165, 1.54) is 12.3 Å². The smallest absolute Gasteiger partial charge is 0.417 e. The Labute approximate surface area is 135 Å². The van der Waals surface area contributed by atoms with E-state index in [9.17, 15) is 18.0 Å². The van der Waals surface area contributed by atoms with Gasteiger partial charge in [-0.1, -0.05) is 11.6 Å². The lowest BCUT2D eigenvalue weighted by molar-refractivity contribution is -0.137. The molecule has 0 aliphatic carbocycles. The molecule has 1 amide bonds. The third-order valence-corrected chi connectivity index (χ3v) is 3.42. The van der Waals surface area contributed by atoms with Gasteiger partial charge >= 0.3 is 6.18 Å². The first kappa shape index (κ1) is 17.4. The summed E-state index contributed by atoms with van der Waals surface area (Å²) in [6, 6.07) is 6.48. The third-order valence-electron chi connectivity index (χ3n) is 3.09. The van der Waals surface area contributed by atoms with Crippen molar-refractivity contribution in [1.29, 1.82) is 0 Å². The molecule has 8 heteroatoms. The molecule has 1 heterocycles. The Morgan fingerprint density at radius 3 is 2.70 bits per heavy atom. The second-order valence-electron chi connectivity index (χ2n) is 4.86. The molecule has 0 unspecified atom stereocenters. The van der Waals surface area contributed by atoms with Gasteiger partial charge in [0.2, 0.25) is 5.91 Å². The number of anilines is 1. The molecule has 0 aliphatic heterocycles. The second kappa shape index (κ2) is 7.06. The average Bonchev–Trinajstić information content (AvgIpc) is 3.00. The van der Waals surface area contributed by atoms with Gasteiger partial charge in [0.15, 0.2) is 0 Å². The zero-order valence-corrected chi connectivity index (χ0v) is 12.8. The second-order valence-corrected chi connectivity index (χ2v) is 5.27. The molecule has 1 aromatic heterocycles. The van der Waals surface area contributed by atoms with Gasteiger partial charge in [0.05, 0.1) is 29.4 Å². The number of amides is 1. The summed E-state index contributed by atoms with van der Waals surface area (Å²) in [6.07, 6.45) is -3.07. The van der Waals surface area contributed by atoms with Crippen molar-refractivity contribution < 1.29 is 22.4 Å². The maximum absolute atomic E-state index is 12.8. The molecule has 0 spiro atoms. The molecule has 23 heavy (non-hydrogen) atoms. The van der Waals surface area contributed by atoms with Gasteiger partial charge in [0.25, 0.3) is 0 Å². The summed E-state index contributed by atoms with van der Waals surface area (Å²) in [5.41, 5.74) is -0.965. The number of halogens is 4. The Morgan fingerprint density at radius 1 is 1.35 bits per heavy atom. The maximum atomic E-state index is 12.8. The first-order valence-electron chi connectivity index (χ1n) is 6.71. The van der Waals surface area contributed by atoms with E-state index in [-0.39, 0.29) is 18.3 Å². The van der Waals surface area contributed by atoms with Gasteiger partial charge in [-0.2, -0.15) is 13.2 Å². The molecule has 1 atom stereocenters. The van der Waals surface area contributed by atoms with Crippen LogP contribution in [0.25, 0.3) is 0 Å². The van der Waals surface area contributed by atoms with Crippen LogP contribution in [0.15, 0.2) is 41.0 Å². The van der Waals surface area contributed by atoms with E-state index in [0.717, 1.165) is 12.1 Å². The summed E-state index contributed by atoms with van der Waals surface area (Å²) < 4.78 is 43.5. The fourth-order valence-corrected chi connectivity index (χ4v) is 2.13. The standard InChI is InChI=1S/C15H14ClF3N2O2/c1-9(13-3-2-6-23-13)20-8-14(22)21-10-4-5-12(16)11(7-10)15(17,18)19/h2-7,9,20H,8H2,1H3,(H,21,22)/t9-/m0/s1. The van der Waals surface area contributed by atoms with E-state index < -0.39 is 22.7 Å². The quantitative estimate of drug-likeness (QED) is 0.851. The summed E-state index contributed by atoms with van der Waals surface area (Å²) in [4.78, 5) is 11.8. The average molecular weight is 347 g/mol. The fraction of sp³-hybridized carbons (Fsp3) is 0.267. The van der Waals surface area contributed by atoms with Crippen LogP contribution in [0.5, 0.6) is 0 Å².